The van der Waals surface area contributed by atoms with Crippen LogP contribution < -0.4 is 16.4 Å². The van der Waals surface area contributed by atoms with Crippen LogP contribution in [0.25, 0.3) is 0 Å². The molecule has 0 aliphatic rings. The molecule has 0 radical (unpaired) electrons. The smallest absolute Gasteiger partial charge is 0.251 e. The minimum Gasteiger partial charge on any atom is -0.399 e. The normalized spacial score (nSPS) is 11.2. The van der Waals surface area contributed by atoms with Crippen molar-refractivity contribution in [2.75, 3.05) is 12.3 Å². The number of hydrogen-bond acceptors (Lipinski definition) is 4. The van der Waals surface area contributed by atoms with Crippen LogP contribution in [-0.4, -0.2) is 24.4 Å². The number of amides is 2. The van der Waals surface area contributed by atoms with Crippen molar-refractivity contribution in [3.05, 3.63) is 29.8 Å². The maximum atomic E-state index is 11.8. The van der Waals surface area contributed by atoms with Gasteiger partial charge in [-0.25, -0.2) is 0 Å². The summed E-state index contributed by atoms with van der Waals surface area (Å²) in [6, 6.07) is 8.25. The zero-order valence-electron chi connectivity index (χ0n) is 11.3. The molecule has 106 valence electrons. The summed E-state index contributed by atoms with van der Waals surface area (Å²) in [4.78, 5) is 23.4. The minimum atomic E-state index is -0.339. The highest BCUT2D eigenvalue weighted by atomic mass is 16.2. The number of nitrogens with one attached hydrogen (secondary N) is 2. The average Bonchev–Trinajstić information content (AvgIpc) is 2.45. The van der Waals surface area contributed by atoms with Crippen LogP contribution in [0.15, 0.2) is 24.3 Å². The van der Waals surface area contributed by atoms with Gasteiger partial charge >= 0.3 is 0 Å². The van der Waals surface area contributed by atoms with Crippen molar-refractivity contribution < 1.29 is 9.59 Å². The van der Waals surface area contributed by atoms with Crippen LogP contribution >= 0.6 is 0 Å². The molecular weight excluding hydrogens is 256 g/mol. The highest BCUT2D eigenvalue weighted by Crippen LogP contribution is 2.04. The third-order valence-corrected chi connectivity index (χ3v) is 2.78. The molecule has 0 bridgehead atoms. The summed E-state index contributed by atoms with van der Waals surface area (Å²) in [6.45, 7) is 1.76. The van der Waals surface area contributed by atoms with Crippen LogP contribution in [0.3, 0.4) is 0 Å². The van der Waals surface area contributed by atoms with Gasteiger partial charge in [0, 0.05) is 17.3 Å². The van der Waals surface area contributed by atoms with E-state index < -0.39 is 0 Å². The lowest BCUT2D eigenvalue weighted by Gasteiger charge is -2.13. The van der Waals surface area contributed by atoms with Gasteiger partial charge in [-0.15, -0.1) is 0 Å². The zero-order valence-corrected chi connectivity index (χ0v) is 11.3. The number of hydrogen-bond donors (Lipinski definition) is 3. The molecule has 2 amide bonds. The molecule has 1 aromatic rings. The van der Waals surface area contributed by atoms with Gasteiger partial charge in [0.15, 0.2) is 0 Å². The van der Waals surface area contributed by atoms with Gasteiger partial charge in [0.05, 0.1) is 19.0 Å². The third-order valence-electron chi connectivity index (χ3n) is 2.78. The zero-order chi connectivity index (χ0) is 15.0. The van der Waals surface area contributed by atoms with Crippen LogP contribution in [0, 0.1) is 11.3 Å². The van der Waals surface area contributed by atoms with E-state index in [2.05, 4.69) is 10.6 Å². The summed E-state index contributed by atoms with van der Waals surface area (Å²) < 4.78 is 0. The van der Waals surface area contributed by atoms with E-state index in [-0.39, 0.29) is 30.8 Å². The van der Waals surface area contributed by atoms with E-state index >= 15 is 0 Å². The maximum absolute atomic E-state index is 11.8. The molecular formula is C14H18N4O2. The van der Waals surface area contributed by atoms with E-state index in [1.165, 1.54) is 0 Å². The van der Waals surface area contributed by atoms with Gasteiger partial charge in [0.1, 0.15) is 0 Å². The molecule has 6 nitrogen and oxygen atoms in total. The summed E-state index contributed by atoms with van der Waals surface area (Å²) in [5.41, 5.74) is 6.54. The number of nitrogen functional groups attached to an aromatic ring is 1. The van der Waals surface area contributed by atoms with Crippen molar-refractivity contribution in [1.82, 2.24) is 10.6 Å². The van der Waals surface area contributed by atoms with Crippen LogP contribution in [-0.2, 0) is 4.79 Å². The highest BCUT2D eigenvalue weighted by molar-refractivity contribution is 5.96. The molecule has 0 fully saturated rings. The lowest BCUT2D eigenvalue weighted by Crippen LogP contribution is -2.41. The quantitative estimate of drug-likeness (QED) is 0.667. The van der Waals surface area contributed by atoms with Crippen molar-refractivity contribution in [2.24, 2.45) is 0 Å². The first-order valence-electron chi connectivity index (χ1n) is 6.36. The number of anilines is 1. The van der Waals surface area contributed by atoms with E-state index in [0.29, 0.717) is 17.7 Å². The second kappa shape index (κ2) is 7.79. The maximum Gasteiger partial charge on any atom is 0.251 e. The molecule has 4 N–H and O–H groups in total. The predicted octanol–water partition coefficient (Wildman–Crippen LogP) is 0.807. The van der Waals surface area contributed by atoms with Gasteiger partial charge in [-0.05, 0) is 30.7 Å². The standard InChI is InChI=1S/C14H18N4O2/c1-2-12(7-8-15)18-13(19)9-17-14(20)10-3-5-11(16)6-4-10/h3-6,12H,2,7,9,16H2,1H3,(H,17,20)(H,18,19). The lowest BCUT2D eigenvalue weighted by atomic mass is 10.1. The first-order valence-corrected chi connectivity index (χ1v) is 6.36. The SMILES string of the molecule is CCC(CC#N)NC(=O)CNC(=O)c1ccc(N)cc1. The van der Waals surface area contributed by atoms with Gasteiger partial charge < -0.3 is 16.4 Å². The van der Waals surface area contributed by atoms with Crippen LogP contribution in [0.5, 0.6) is 0 Å². The summed E-state index contributed by atoms with van der Waals surface area (Å²) in [6.07, 6.45) is 0.930. The monoisotopic (exact) mass is 274 g/mol. The van der Waals surface area contributed by atoms with Crippen molar-refractivity contribution in [1.29, 1.82) is 5.26 Å². The number of nitrogens with zero attached hydrogens (tertiary/aromatic N) is 1. The molecule has 1 rings (SSSR count). The molecule has 0 aliphatic heterocycles. The van der Waals surface area contributed by atoms with E-state index in [4.69, 9.17) is 11.0 Å². The summed E-state index contributed by atoms with van der Waals surface area (Å²) in [5.74, 6) is -0.649. The minimum absolute atomic E-state index is 0.120. The Bertz CT molecular complexity index is 505. The van der Waals surface area contributed by atoms with E-state index in [1.807, 2.05) is 13.0 Å². The Balaban J connectivity index is 2.42. The number of carbonyl (C=O) groups is 2. The Kier molecular flexibility index (Phi) is 6.04. The first kappa shape index (κ1) is 15.5. The largest absolute Gasteiger partial charge is 0.399 e. The highest BCUT2D eigenvalue weighted by Gasteiger charge is 2.11. The summed E-state index contributed by atoms with van der Waals surface area (Å²) in [7, 11) is 0. The Hall–Kier alpha value is -2.55. The Morgan fingerprint density at radius 3 is 2.55 bits per heavy atom. The predicted molar refractivity (Wildman–Crippen MR) is 75.6 cm³/mol. The Morgan fingerprint density at radius 1 is 1.35 bits per heavy atom. The number of benzene rings is 1. The molecule has 20 heavy (non-hydrogen) atoms. The first-order chi connectivity index (χ1) is 9.56. The number of rotatable bonds is 6. The molecule has 0 saturated carbocycles. The fourth-order valence-electron chi connectivity index (χ4n) is 1.58. The van der Waals surface area contributed by atoms with Crippen molar-refractivity contribution in [3.63, 3.8) is 0 Å². The van der Waals surface area contributed by atoms with Crippen molar-refractivity contribution >= 4 is 17.5 Å². The lowest BCUT2D eigenvalue weighted by molar-refractivity contribution is -0.120. The second-order valence-electron chi connectivity index (χ2n) is 4.34. The van der Waals surface area contributed by atoms with Crippen molar-refractivity contribution in [2.45, 2.75) is 25.8 Å². The molecule has 0 heterocycles. The summed E-state index contributed by atoms with van der Waals surface area (Å²) >= 11 is 0. The fourth-order valence-corrected chi connectivity index (χ4v) is 1.58. The molecule has 1 aromatic carbocycles. The summed E-state index contributed by atoms with van der Waals surface area (Å²) in [5, 5.41) is 13.8. The van der Waals surface area contributed by atoms with E-state index in [1.54, 1.807) is 24.3 Å². The molecule has 0 saturated heterocycles. The van der Waals surface area contributed by atoms with Crippen LogP contribution in [0.4, 0.5) is 5.69 Å². The molecule has 1 atom stereocenters. The molecule has 0 aromatic heterocycles. The van der Waals surface area contributed by atoms with Gasteiger partial charge in [-0.3, -0.25) is 9.59 Å². The van der Waals surface area contributed by atoms with E-state index in [0.717, 1.165) is 0 Å². The molecule has 1 unspecified atom stereocenters. The molecule has 0 aliphatic carbocycles. The van der Waals surface area contributed by atoms with Crippen LogP contribution in [0.1, 0.15) is 30.1 Å². The molecule has 0 spiro atoms. The van der Waals surface area contributed by atoms with Gasteiger partial charge in [-0.1, -0.05) is 6.92 Å². The number of nitrogens with two attached hydrogens (primary N) is 1. The molecule has 6 heteroatoms. The van der Waals surface area contributed by atoms with Gasteiger partial charge in [0.25, 0.3) is 5.91 Å². The number of carbonyl (C=O) groups excluding carboxylic acids is 2. The second-order valence-corrected chi connectivity index (χ2v) is 4.34. The fraction of sp³-hybridized carbons (Fsp3) is 0.357. The van der Waals surface area contributed by atoms with Gasteiger partial charge in [0.2, 0.25) is 5.91 Å². The van der Waals surface area contributed by atoms with Crippen molar-refractivity contribution in [3.8, 4) is 6.07 Å². The Morgan fingerprint density at radius 2 is 2.00 bits per heavy atom. The average molecular weight is 274 g/mol. The van der Waals surface area contributed by atoms with Crippen LogP contribution in [0.2, 0.25) is 0 Å². The third kappa shape index (κ3) is 4.98. The van der Waals surface area contributed by atoms with E-state index in [9.17, 15) is 9.59 Å². The topological polar surface area (TPSA) is 108 Å². The Labute approximate surface area is 118 Å². The number of nitriles is 1. The van der Waals surface area contributed by atoms with Gasteiger partial charge in [-0.2, -0.15) is 5.26 Å².